The van der Waals surface area contributed by atoms with Crippen LogP contribution in [0, 0.1) is 0 Å². The number of aromatic nitrogens is 2. The minimum Gasteiger partial charge on any atom is -0.323 e. The Morgan fingerprint density at radius 2 is 1.89 bits per heavy atom. The molecule has 0 aliphatic carbocycles. The Labute approximate surface area is 118 Å². The molecule has 0 atom stereocenters. The number of hydrogen-bond acceptors (Lipinski definition) is 5. The monoisotopic (exact) mass is 298 g/mol. The molecule has 0 fully saturated rings. The normalized spacial score (nSPS) is 10.1. The second-order valence-corrected chi connectivity index (χ2v) is 4.33. The Hall–Kier alpha value is -1.89. The number of nitrogens with zero attached hydrogens (tertiary/aromatic N) is 2. The van der Waals surface area contributed by atoms with Crippen molar-refractivity contribution in [3.8, 4) is 0 Å². The molecule has 0 unspecified atom stereocenters. The largest absolute Gasteiger partial charge is 0.323 e. The van der Waals surface area contributed by atoms with Gasteiger partial charge in [-0.25, -0.2) is 15.4 Å². The van der Waals surface area contributed by atoms with Crippen molar-refractivity contribution < 1.29 is 10.0 Å². The van der Waals surface area contributed by atoms with Crippen molar-refractivity contribution in [3.63, 3.8) is 0 Å². The van der Waals surface area contributed by atoms with E-state index < -0.39 is 5.91 Å². The SMILES string of the molecule is O=C(NO)c1cnc(Nc2cc(Cl)ccc2Cl)nc1. The number of carbonyl (C=O) groups is 1. The first-order valence-corrected chi connectivity index (χ1v) is 5.84. The van der Waals surface area contributed by atoms with Gasteiger partial charge >= 0.3 is 0 Å². The zero-order valence-corrected chi connectivity index (χ0v) is 10.9. The summed E-state index contributed by atoms with van der Waals surface area (Å²) in [6.45, 7) is 0. The molecule has 19 heavy (non-hydrogen) atoms. The van der Waals surface area contributed by atoms with Crippen LogP contribution < -0.4 is 10.8 Å². The van der Waals surface area contributed by atoms with E-state index in [-0.39, 0.29) is 11.5 Å². The van der Waals surface area contributed by atoms with Gasteiger partial charge in [0.2, 0.25) is 5.95 Å². The number of anilines is 2. The first-order chi connectivity index (χ1) is 9.10. The summed E-state index contributed by atoms with van der Waals surface area (Å²) in [5, 5.41) is 12.3. The molecule has 98 valence electrons. The summed E-state index contributed by atoms with van der Waals surface area (Å²) < 4.78 is 0. The van der Waals surface area contributed by atoms with Gasteiger partial charge in [0.05, 0.1) is 16.3 Å². The Kier molecular flexibility index (Phi) is 4.16. The highest BCUT2D eigenvalue weighted by atomic mass is 35.5. The first-order valence-electron chi connectivity index (χ1n) is 5.08. The fourth-order valence-electron chi connectivity index (χ4n) is 1.29. The second-order valence-electron chi connectivity index (χ2n) is 3.49. The average molecular weight is 299 g/mol. The highest BCUT2D eigenvalue weighted by Gasteiger charge is 2.07. The smallest absolute Gasteiger partial charge is 0.277 e. The average Bonchev–Trinajstić information content (AvgIpc) is 2.43. The van der Waals surface area contributed by atoms with Crippen molar-refractivity contribution in [1.82, 2.24) is 15.4 Å². The van der Waals surface area contributed by atoms with Crippen LogP contribution in [0.3, 0.4) is 0 Å². The summed E-state index contributed by atoms with van der Waals surface area (Å²) in [4.78, 5) is 18.9. The van der Waals surface area contributed by atoms with Crippen LogP contribution in [0.25, 0.3) is 0 Å². The van der Waals surface area contributed by atoms with Crippen LogP contribution in [0.1, 0.15) is 10.4 Å². The predicted molar refractivity (Wildman–Crippen MR) is 71.0 cm³/mol. The minimum atomic E-state index is -0.688. The Balaban J connectivity index is 2.19. The summed E-state index contributed by atoms with van der Waals surface area (Å²) in [6, 6.07) is 4.92. The first kappa shape index (κ1) is 13.5. The number of hydrogen-bond donors (Lipinski definition) is 3. The summed E-state index contributed by atoms with van der Waals surface area (Å²) in [6.07, 6.45) is 2.53. The molecule has 1 aromatic heterocycles. The van der Waals surface area contributed by atoms with Gasteiger partial charge in [-0.1, -0.05) is 23.2 Å². The van der Waals surface area contributed by atoms with Gasteiger partial charge < -0.3 is 5.32 Å². The molecule has 0 aliphatic rings. The van der Waals surface area contributed by atoms with Gasteiger partial charge in [0.1, 0.15) is 0 Å². The van der Waals surface area contributed by atoms with Crippen LogP contribution in [-0.2, 0) is 0 Å². The topological polar surface area (TPSA) is 87.1 Å². The number of nitrogens with one attached hydrogen (secondary N) is 2. The number of benzene rings is 1. The van der Waals surface area contributed by atoms with Crippen LogP contribution in [0.15, 0.2) is 30.6 Å². The zero-order chi connectivity index (χ0) is 13.8. The van der Waals surface area contributed by atoms with Crippen molar-refractivity contribution in [2.24, 2.45) is 0 Å². The van der Waals surface area contributed by atoms with E-state index in [1.165, 1.54) is 17.9 Å². The van der Waals surface area contributed by atoms with E-state index in [4.69, 9.17) is 28.4 Å². The fraction of sp³-hybridized carbons (Fsp3) is 0. The molecular weight excluding hydrogens is 291 g/mol. The highest BCUT2D eigenvalue weighted by Crippen LogP contribution is 2.27. The second kappa shape index (κ2) is 5.83. The lowest BCUT2D eigenvalue weighted by Gasteiger charge is -2.07. The molecule has 0 spiro atoms. The van der Waals surface area contributed by atoms with Crippen molar-refractivity contribution >= 4 is 40.7 Å². The van der Waals surface area contributed by atoms with E-state index >= 15 is 0 Å². The van der Waals surface area contributed by atoms with Gasteiger partial charge in [0.15, 0.2) is 0 Å². The molecule has 0 bridgehead atoms. The number of rotatable bonds is 3. The molecule has 1 aromatic carbocycles. The molecule has 1 amide bonds. The third-order valence-corrected chi connectivity index (χ3v) is 2.76. The Morgan fingerprint density at radius 3 is 2.53 bits per heavy atom. The number of carbonyl (C=O) groups excluding carboxylic acids is 1. The van der Waals surface area contributed by atoms with E-state index in [9.17, 15) is 4.79 Å². The molecule has 2 rings (SSSR count). The predicted octanol–water partition coefficient (Wildman–Crippen LogP) is 2.65. The van der Waals surface area contributed by atoms with E-state index in [1.54, 1.807) is 18.2 Å². The number of halogens is 2. The maximum atomic E-state index is 11.1. The maximum absolute atomic E-state index is 11.1. The van der Waals surface area contributed by atoms with Gasteiger partial charge in [-0.05, 0) is 18.2 Å². The fourth-order valence-corrected chi connectivity index (χ4v) is 1.63. The van der Waals surface area contributed by atoms with E-state index in [1.807, 2.05) is 0 Å². The lowest BCUT2D eigenvalue weighted by atomic mass is 10.3. The zero-order valence-electron chi connectivity index (χ0n) is 9.39. The third kappa shape index (κ3) is 3.31. The molecular formula is C11H8Cl2N4O2. The molecule has 2 aromatic rings. The summed E-state index contributed by atoms with van der Waals surface area (Å²) in [7, 11) is 0. The van der Waals surface area contributed by atoms with Gasteiger partial charge in [-0.15, -0.1) is 0 Å². The van der Waals surface area contributed by atoms with Crippen LogP contribution >= 0.6 is 23.2 Å². The molecule has 6 nitrogen and oxygen atoms in total. The molecule has 8 heteroatoms. The molecule has 0 saturated heterocycles. The van der Waals surface area contributed by atoms with E-state index in [0.717, 1.165) is 0 Å². The standard InChI is InChI=1S/C11H8Cl2N4O2/c12-7-1-2-8(13)9(3-7)16-11-14-4-6(5-15-11)10(18)17-19/h1-5,19H,(H,17,18)(H,14,15,16). The van der Waals surface area contributed by atoms with Crippen molar-refractivity contribution in [2.45, 2.75) is 0 Å². The maximum Gasteiger partial charge on any atom is 0.277 e. The van der Waals surface area contributed by atoms with Crippen LogP contribution in [0.5, 0.6) is 0 Å². The minimum absolute atomic E-state index is 0.130. The number of amides is 1. The summed E-state index contributed by atoms with van der Waals surface area (Å²) in [5.74, 6) is -0.439. The molecule has 0 aliphatic heterocycles. The number of hydroxylamine groups is 1. The van der Waals surface area contributed by atoms with E-state index in [0.29, 0.717) is 15.7 Å². The van der Waals surface area contributed by atoms with Crippen LogP contribution in [0.2, 0.25) is 10.0 Å². The van der Waals surface area contributed by atoms with E-state index in [2.05, 4.69) is 15.3 Å². The Bertz CT molecular complexity index is 604. The summed E-state index contributed by atoms with van der Waals surface area (Å²) in [5.41, 5.74) is 2.17. The van der Waals surface area contributed by atoms with Gasteiger partial charge in [-0.2, -0.15) is 0 Å². The lowest BCUT2D eigenvalue weighted by Crippen LogP contribution is -2.19. The van der Waals surface area contributed by atoms with Crippen LogP contribution in [0.4, 0.5) is 11.6 Å². The van der Waals surface area contributed by atoms with Crippen molar-refractivity contribution in [3.05, 3.63) is 46.2 Å². The Morgan fingerprint density at radius 1 is 1.21 bits per heavy atom. The molecule has 3 N–H and O–H groups in total. The van der Waals surface area contributed by atoms with Gasteiger partial charge in [0, 0.05) is 17.4 Å². The van der Waals surface area contributed by atoms with Crippen molar-refractivity contribution in [2.75, 3.05) is 5.32 Å². The van der Waals surface area contributed by atoms with Crippen LogP contribution in [-0.4, -0.2) is 21.1 Å². The quantitative estimate of drug-likeness (QED) is 0.599. The third-order valence-electron chi connectivity index (χ3n) is 2.19. The molecule has 0 saturated carbocycles. The van der Waals surface area contributed by atoms with Crippen molar-refractivity contribution in [1.29, 1.82) is 0 Å². The molecule has 0 radical (unpaired) electrons. The lowest BCUT2D eigenvalue weighted by molar-refractivity contribution is 0.0705. The summed E-state index contributed by atoms with van der Waals surface area (Å²) >= 11 is 11.8. The highest BCUT2D eigenvalue weighted by molar-refractivity contribution is 6.35. The van der Waals surface area contributed by atoms with Gasteiger partial charge in [-0.3, -0.25) is 10.0 Å². The molecule has 1 heterocycles. The van der Waals surface area contributed by atoms with Gasteiger partial charge in [0.25, 0.3) is 5.91 Å².